The van der Waals surface area contributed by atoms with E-state index >= 15 is 0 Å². The molecule has 4 rings (SSSR count). The van der Waals surface area contributed by atoms with E-state index in [2.05, 4.69) is 39.0 Å². The molecule has 1 N–H and O–H groups in total. The first kappa shape index (κ1) is 20.2. The van der Waals surface area contributed by atoms with Crippen molar-refractivity contribution in [2.45, 2.75) is 63.5 Å². The third-order valence-electron chi connectivity index (χ3n) is 6.60. The second kappa shape index (κ2) is 6.99. The fraction of sp³-hybridized carbons (Fsp3) is 0.458. The molecule has 2 unspecified atom stereocenters. The van der Waals surface area contributed by atoms with Crippen molar-refractivity contribution < 1.29 is 14.4 Å². The van der Waals surface area contributed by atoms with Gasteiger partial charge in [0.15, 0.2) is 0 Å². The van der Waals surface area contributed by atoms with E-state index in [4.69, 9.17) is 9.26 Å². The van der Waals surface area contributed by atoms with Gasteiger partial charge in [-0.05, 0) is 60.8 Å². The Labute approximate surface area is 174 Å². The van der Waals surface area contributed by atoms with E-state index < -0.39 is 14.1 Å². The molecule has 0 amide bonds. The maximum Gasteiger partial charge on any atom is 0.250 e. The molecule has 2 aromatic carbocycles. The second-order valence-electron chi connectivity index (χ2n) is 9.82. The number of oxime groups is 1. The van der Waals surface area contributed by atoms with Gasteiger partial charge in [-0.15, -0.1) is 0 Å². The second-order valence-corrected chi connectivity index (χ2v) is 14.5. The lowest BCUT2D eigenvalue weighted by molar-refractivity contribution is -0.208. The molecule has 1 aliphatic heterocycles. The maximum atomic E-state index is 11.3. The van der Waals surface area contributed by atoms with Gasteiger partial charge in [0.2, 0.25) is 14.1 Å². The van der Waals surface area contributed by atoms with Crippen molar-refractivity contribution in [1.29, 1.82) is 0 Å². The minimum Gasteiger partial charge on any atom is -0.544 e. The Kier molecular flexibility index (Phi) is 4.86. The highest BCUT2D eigenvalue weighted by atomic mass is 28.4. The zero-order chi connectivity index (χ0) is 20.9. The van der Waals surface area contributed by atoms with Crippen molar-refractivity contribution in [3.05, 3.63) is 65.7 Å². The van der Waals surface area contributed by atoms with E-state index in [0.29, 0.717) is 0 Å². The molecule has 0 aromatic heterocycles. The van der Waals surface area contributed by atoms with Gasteiger partial charge in [0.25, 0.3) is 0 Å². The monoisotopic (exact) mass is 409 g/mol. The van der Waals surface area contributed by atoms with Crippen LogP contribution in [-0.2, 0) is 4.84 Å². The topological polar surface area (TPSA) is 51.0 Å². The minimum atomic E-state index is -1.89. The van der Waals surface area contributed by atoms with Gasteiger partial charge in [-0.2, -0.15) is 0 Å². The van der Waals surface area contributed by atoms with E-state index in [1.807, 2.05) is 54.6 Å². The molecule has 2 aliphatic rings. The summed E-state index contributed by atoms with van der Waals surface area (Å²) in [6.07, 6.45) is 1.95. The van der Waals surface area contributed by atoms with E-state index in [1.165, 1.54) is 0 Å². The fourth-order valence-corrected chi connectivity index (χ4v) is 4.67. The summed E-state index contributed by atoms with van der Waals surface area (Å²) in [5.74, 6) is -0.528. The third-order valence-corrected chi connectivity index (χ3v) is 11.0. The van der Waals surface area contributed by atoms with Gasteiger partial charge in [0, 0.05) is 11.5 Å². The molecule has 0 radical (unpaired) electrons. The van der Waals surface area contributed by atoms with E-state index in [-0.39, 0.29) is 16.9 Å². The van der Waals surface area contributed by atoms with Crippen molar-refractivity contribution in [1.82, 2.24) is 0 Å². The summed E-state index contributed by atoms with van der Waals surface area (Å²) in [6, 6.07) is 18.1. The summed E-state index contributed by atoms with van der Waals surface area (Å²) in [5.41, 5.74) is 2.77. The summed E-state index contributed by atoms with van der Waals surface area (Å²) in [6.45, 7) is 11.2. The van der Waals surface area contributed by atoms with Crippen LogP contribution in [0.3, 0.4) is 0 Å². The quantitative estimate of drug-likeness (QED) is 0.646. The van der Waals surface area contributed by atoms with Crippen LogP contribution in [0.1, 0.15) is 50.7 Å². The molecule has 1 heterocycles. The zero-order valence-electron chi connectivity index (χ0n) is 18.0. The van der Waals surface area contributed by atoms with Crippen LogP contribution in [0, 0.1) is 5.92 Å². The molecule has 154 valence electrons. The van der Waals surface area contributed by atoms with E-state index in [0.717, 1.165) is 35.4 Å². The van der Waals surface area contributed by atoms with Crippen molar-refractivity contribution in [2.24, 2.45) is 11.1 Å². The number of hydrogen-bond donors (Lipinski definition) is 1. The zero-order valence-corrected chi connectivity index (χ0v) is 19.0. The van der Waals surface area contributed by atoms with Gasteiger partial charge in [0.1, 0.15) is 11.5 Å². The van der Waals surface area contributed by atoms with E-state index in [9.17, 15) is 5.11 Å². The van der Waals surface area contributed by atoms with Crippen molar-refractivity contribution in [3.63, 3.8) is 0 Å². The summed E-state index contributed by atoms with van der Waals surface area (Å²) in [5, 5.41) is 15.8. The number of aliphatic hydroxyl groups is 1. The smallest absolute Gasteiger partial charge is 0.250 e. The van der Waals surface area contributed by atoms with Gasteiger partial charge >= 0.3 is 0 Å². The number of rotatable bonds is 5. The Morgan fingerprint density at radius 3 is 2.21 bits per heavy atom. The molecule has 0 spiro atoms. The molecule has 2 aromatic rings. The lowest BCUT2D eigenvalue weighted by Crippen LogP contribution is -2.43. The lowest BCUT2D eigenvalue weighted by Gasteiger charge is -2.36. The third kappa shape index (κ3) is 3.73. The van der Waals surface area contributed by atoms with Gasteiger partial charge in [0.05, 0.1) is 5.92 Å². The molecule has 0 bridgehead atoms. The molecular formula is C24H31NO3Si. The lowest BCUT2D eigenvalue weighted by atomic mass is 9.82. The van der Waals surface area contributed by atoms with Crippen LogP contribution < -0.4 is 4.43 Å². The summed E-state index contributed by atoms with van der Waals surface area (Å²) in [4.78, 5) is 5.67. The van der Waals surface area contributed by atoms with Crippen LogP contribution in [0.15, 0.2) is 59.8 Å². The normalized spacial score (nSPS) is 24.8. The standard InChI is InChI=1S/C24H31NO3Si/c1-23(2,3)29(4,5)27-20-15-11-18(12-16-20)22-21(17-9-7-6-8-10-17)24(26,28-25-22)19-13-14-19/h6-12,15-16,19,21,26H,13-14H2,1-5H3. The van der Waals surface area contributed by atoms with E-state index in [1.54, 1.807) is 0 Å². The number of nitrogens with zero attached hydrogens (tertiary/aromatic N) is 1. The average Bonchev–Trinajstić information content (AvgIpc) is 3.46. The highest BCUT2D eigenvalue weighted by Crippen LogP contribution is 2.52. The largest absolute Gasteiger partial charge is 0.544 e. The molecule has 5 heteroatoms. The fourth-order valence-electron chi connectivity index (χ4n) is 3.63. The van der Waals surface area contributed by atoms with Crippen LogP contribution in [0.5, 0.6) is 5.75 Å². The first-order valence-electron chi connectivity index (χ1n) is 10.4. The molecular weight excluding hydrogens is 378 g/mol. The van der Waals surface area contributed by atoms with Crippen LogP contribution in [0.25, 0.3) is 0 Å². The highest BCUT2D eigenvalue weighted by Gasteiger charge is 2.57. The summed E-state index contributed by atoms with van der Waals surface area (Å²) in [7, 11) is -1.89. The molecule has 1 aliphatic carbocycles. The van der Waals surface area contributed by atoms with Crippen LogP contribution >= 0.6 is 0 Å². The first-order chi connectivity index (χ1) is 13.6. The summed E-state index contributed by atoms with van der Waals surface area (Å²) >= 11 is 0. The Morgan fingerprint density at radius 1 is 1.03 bits per heavy atom. The van der Waals surface area contributed by atoms with Crippen LogP contribution in [-0.4, -0.2) is 24.9 Å². The molecule has 1 saturated carbocycles. The van der Waals surface area contributed by atoms with Crippen LogP contribution in [0.4, 0.5) is 0 Å². The Balaban J connectivity index is 1.62. The molecule has 0 saturated heterocycles. The average molecular weight is 410 g/mol. The Morgan fingerprint density at radius 2 is 1.66 bits per heavy atom. The molecule has 1 fully saturated rings. The van der Waals surface area contributed by atoms with Gasteiger partial charge in [-0.3, -0.25) is 0 Å². The maximum absolute atomic E-state index is 11.3. The van der Waals surface area contributed by atoms with Crippen LogP contribution in [0.2, 0.25) is 18.1 Å². The molecule has 2 atom stereocenters. The molecule has 4 nitrogen and oxygen atoms in total. The van der Waals surface area contributed by atoms with Crippen molar-refractivity contribution >= 4 is 14.0 Å². The molecule has 29 heavy (non-hydrogen) atoms. The predicted molar refractivity (Wildman–Crippen MR) is 119 cm³/mol. The van der Waals surface area contributed by atoms with Gasteiger partial charge in [-0.1, -0.05) is 56.3 Å². The highest BCUT2D eigenvalue weighted by molar-refractivity contribution is 6.74. The minimum absolute atomic E-state index is 0.134. The van der Waals surface area contributed by atoms with Gasteiger partial charge in [-0.25, -0.2) is 0 Å². The number of hydrogen-bond acceptors (Lipinski definition) is 4. The Bertz CT molecular complexity index is 898. The Hall–Kier alpha value is -2.11. The summed E-state index contributed by atoms with van der Waals surface area (Å²) < 4.78 is 6.40. The first-order valence-corrected chi connectivity index (χ1v) is 13.4. The predicted octanol–water partition coefficient (Wildman–Crippen LogP) is 5.69. The van der Waals surface area contributed by atoms with Crippen molar-refractivity contribution in [3.8, 4) is 5.75 Å². The van der Waals surface area contributed by atoms with Gasteiger partial charge < -0.3 is 14.4 Å². The van der Waals surface area contributed by atoms with Crippen molar-refractivity contribution in [2.75, 3.05) is 0 Å². The SMILES string of the molecule is CC(C)(C)[Si](C)(C)Oc1ccc(C2=NOC(O)(C3CC3)C2c2ccccc2)cc1. The number of benzene rings is 2.